The molecule has 3 saturated heterocycles. The zero-order chi connectivity index (χ0) is 22.2. The van der Waals surface area contributed by atoms with Gasteiger partial charge in [-0.25, -0.2) is 4.79 Å². The van der Waals surface area contributed by atoms with Gasteiger partial charge in [-0.05, 0) is 24.1 Å². The van der Waals surface area contributed by atoms with E-state index < -0.39 is 11.7 Å². The number of nitrogens with one attached hydrogen (secondary N) is 1. The lowest BCUT2D eigenvalue weighted by Crippen LogP contribution is -2.65. The first-order valence-electron chi connectivity index (χ1n) is 10.0. The number of carbonyl (C=O) groups is 2. The number of nitrogens with zero attached hydrogens (tertiary/aromatic N) is 2. The molecule has 170 valence electrons. The summed E-state index contributed by atoms with van der Waals surface area (Å²) in [5, 5.41) is 2.87. The van der Waals surface area contributed by atoms with Crippen LogP contribution in [-0.4, -0.2) is 79.9 Å². The van der Waals surface area contributed by atoms with Gasteiger partial charge in [-0.3, -0.25) is 4.79 Å². The molecule has 1 unspecified atom stereocenters. The Kier molecular flexibility index (Phi) is 5.98. The Balaban J connectivity index is 1.24. The molecule has 4 rings (SSSR count). The lowest BCUT2D eigenvalue weighted by molar-refractivity contribution is -0.140. The zero-order valence-corrected chi connectivity index (χ0v) is 17.0. The number of hydrogen-bond acceptors (Lipinski definition) is 5. The van der Waals surface area contributed by atoms with Gasteiger partial charge in [-0.15, -0.1) is 0 Å². The molecule has 3 heterocycles. The van der Waals surface area contributed by atoms with Crippen molar-refractivity contribution in [2.45, 2.75) is 37.5 Å². The van der Waals surface area contributed by atoms with Crippen molar-refractivity contribution in [2.75, 3.05) is 39.9 Å². The van der Waals surface area contributed by atoms with Gasteiger partial charge >= 0.3 is 12.2 Å². The molecule has 3 aliphatic heterocycles. The lowest BCUT2D eigenvalue weighted by Gasteiger charge is -2.45. The molecule has 1 aromatic carbocycles. The van der Waals surface area contributed by atoms with E-state index in [4.69, 9.17) is 14.2 Å². The number of morpholine rings is 1. The third kappa shape index (κ3) is 4.72. The molecule has 2 atom stereocenters. The van der Waals surface area contributed by atoms with Crippen molar-refractivity contribution in [2.24, 2.45) is 0 Å². The minimum absolute atomic E-state index is 0.0602. The molecule has 1 aromatic rings. The maximum Gasteiger partial charge on any atom is 0.419 e. The maximum absolute atomic E-state index is 12.9. The van der Waals surface area contributed by atoms with Crippen molar-refractivity contribution in [1.29, 1.82) is 0 Å². The number of hydrogen-bond donors (Lipinski definition) is 1. The number of urea groups is 1. The van der Waals surface area contributed by atoms with Crippen LogP contribution in [0.4, 0.5) is 18.0 Å². The fourth-order valence-corrected chi connectivity index (χ4v) is 4.05. The molecule has 0 aromatic heterocycles. The number of rotatable bonds is 4. The summed E-state index contributed by atoms with van der Waals surface area (Å²) in [4.78, 5) is 27.6. The number of ether oxygens (including phenoxy) is 3. The Morgan fingerprint density at radius 3 is 2.74 bits per heavy atom. The predicted octanol–water partition coefficient (Wildman–Crippen LogP) is 1.62. The minimum atomic E-state index is -4.49. The lowest BCUT2D eigenvalue weighted by atomic mass is 10.0. The van der Waals surface area contributed by atoms with E-state index in [0.29, 0.717) is 38.2 Å². The van der Waals surface area contributed by atoms with Crippen LogP contribution in [0.5, 0.6) is 5.75 Å². The van der Waals surface area contributed by atoms with Crippen LogP contribution in [0.1, 0.15) is 17.5 Å². The van der Waals surface area contributed by atoms with Gasteiger partial charge in [0.25, 0.3) is 0 Å². The van der Waals surface area contributed by atoms with Gasteiger partial charge in [0.15, 0.2) is 0 Å². The van der Waals surface area contributed by atoms with Crippen molar-refractivity contribution in [3.63, 3.8) is 0 Å². The van der Waals surface area contributed by atoms with E-state index in [1.165, 1.54) is 19.2 Å². The van der Waals surface area contributed by atoms with Crippen molar-refractivity contribution >= 4 is 11.9 Å². The molecule has 0 radical (unpaired) electrons. The average molecular weight is 443 g/mol. The largest absolute Gasteiger partial charge is 0.496 e. The Labute approximate surface area is 177 Å². The van der Waals surface area contributed by atoms with Gasteiger partial charge in [0.05, 0.1) is 50.6 Å². The van der Waals surface area contributed by atoms with E-state index in [1.807, 2.05) is 0 Å². The number of amides is 3. The first-order valence-corrected chi connectivity index (χ1v) is 10.0. The second-order valence-electron chi connectivity index (χ2n) is 7.91. The second kappa shape index (κ2) is 8.54. The fraction of sp³-hybridized carbons (Fsp3) is 0.600. The Hall–Kier alpha value is -2.53. The average Bonchev–Trinajstić information content (AvgIpc) is 2.70. The van der Waals surface area contributed by atoms with Crippen LogP contribution >= 0.6 is 0 Å². The number of likely N-dealkylation sites (tertiary alicyclic amines) is 2. The predicted molar refractivity (Wildman–Crippen MR) is 101 cm³/mol. The van der Waals surface area contributed by atoms with Crippen molar-refractivity contribution in [3.05, 3.63) is 29.3 Å². The van der Waals surface area contributed by atoms with Crippen LogP contribution in [-0.2, 0) is 27.1 Å². The molecule has 0 saturated carbocycles. The number of alkyl halides is 3. The molecular formula is C20H24F3N3O5. The van der Waals surface area contributed by atoms with E-state index in [0.717, 1.165) is 6.07 Å². The zero-order valence-electron chi connectivity index (χ0n) is 17.0. The number of carbonyl (C=O) groups excluding carboxylic acids is 2. The monoisotopic (exact) mass is 443 g/mol. The van der Waals surface area contributed by atoms with Gasteiger partial charge in [0, 0.05) is 13.1 Å². The maximum atomic E-state index is 12.9. The van der Waals surface area contributed by atoms with Gasteiger partial charge in [-0.2, -0.15) is 13.2 Å². The second-order valence-corrected chi connectivity index (χ2v) is 7.91. The highest BCUT2D eigenvalue weighted by Crippen LogP contribution is 2.36. The van der Waals surface area contributed by atoms with Crippen molar-refractivity contribution in [3.8, 4) is 5.75 Å². The summed E-state index contributed by atoms with van der Waals surface area (Å²) in [6, 6.07) is 3.34. The SMILES string of the molecule is COc1cc(COC2CN(C(=O)N3CCC4OCC(=O)N[C@@H]4C3)C2)ccc1C(F)(F)F. The highest BCUT2D eigenvalue weighted by atomic mass is 19.4. The molecular weight excluding hydrogens is 419 g/mol. The third-order valence-electron chi connectivity index (χ3n) is 5.77. The van der Waals surface area contributed by atoms with Crippen LogP contribution in [0.2, 0.25) is 0 Å². The molecule has 0 bridgehead atoms. The van der Waals surface area contributed by atoms with Gasteiger partial charge < -0.3 is 29.3 Å². The number of halogens is 3. The normalized spacial score (nSPS) is 24.3. The topological polar surface area (TPSA) is 80.3 Å². The summed E-state index contributed by atoms with van der Waals surface area (Å²) in [5.74, 6) is -0.422. The van der Waals surface area contributed by atoms with Crippen LogP contribution < -0.4 is 10.1 Å². The Morgan fingerprint density at radius 1 is 1.26 bits per heavy atom. The first kappa shape index (κ1) is 21.7. The summed E-state index contributed by atoms with van der Waals surface area (Å²) >= 11 is 0. The highest BCUT2D eigenvalue weighted by Gasteiger charge is 2.40. The summed E-state index contributed by atoms with van der Waals surface area (Å²) in [6.45, 7) is 1.96. The van der Waals surface area contributed by atoms with Gasteiger partial charge in [-0.1, -0.05) is 6.07 Å². The number of piperidine rings is 1. The standard InChI is InChI=1S/C20H24F3N3O5/c1-29-17-6-12(2-3-14(17)20(21,22)23)10-30-13-7-26(8-13)19(28)25-5-4-16-15(9-25)24-18(27)11-31-16/h2-3,6,13,15-16H,4-5,7-11H2,1H3,(H,24,27)/t15-,16?/m1/s1. The van der Waals surface area contributed by atoms with Gasteiger partial charge in [0.1, 0.15) is 12.4 Å². The van der Waals surface area contributed by atoms with Gasteiger partial charge in [0.2, 0.25) is 5.91 Å². The Bertz CT molecular complexity index is 844. The van der Waals surface area contributed by atoms with E-state index in [2.05, 4.69) is 5.32 Å². The Morgan fingerprint density at radius 2 is 2.03 bits per heavy atom. The molecule has 3 fully saturated rings. The molecule has 0 spiro atoms. The number of fused-ring (bicyclic) bond motifs is 1. The summed E-state index contributed by atoms with van der Waals surface area (Å²) in [7, 11) is 1.19. The quantitative estimate of drug-likeness (QED) is 0.765. The third-order valence-corrected chi connectivity index (χ3v) is 5.77. The van der Waals surface area contributed by atoms with E-state index in [-0.39, 0.29) is 49.2 Å². The molecule has 3 aliphatic rings. The number of benzene rings is 1. The van der Waals surface area contributed by atoms with Crippen LogP contribution in [0.25, 0.3) is 0 Å². The summed E-state index contributed by atoms with van der Waals surface area (Å²) in [5.41, 5.74) is -0.271. The van der Waals surface area contributed by atoms with E-state index in [1.54, 1.807) is 9.80 Å². The van der Waals surface area contributed by atoms with E-state index >= 15 is 0 Å². The smallest absolute Gasteiger partial charge is 0.419 e. The summed E-state index contributed by atoms with van der Waals surface area (Å²) < 4.78 is 54.9. The minimum Gasteiger partial charge on any atom is -0.496 e. The first-order chi connectivity index (χ1) is 14.7. The molecule has 11 heteroatoms. The van der Waals surface area contributed by atoms with E-state index in [9.17, 15) is 22.8 Å². The molecule has 1 N–H and O–H groups in total. The fourth-order valence-electron chi connectivity index (χ4n) is 4.05. The molecule has 31 heavy (non-hydrogen) atoms. The van der Waals surface area contributed by atoms with Crippen molar-refractivity contribution < 1.29 is 37.0 Å². The molecule has 3 amide bonds. The van der Waals surface area contributed by atoms with Crippen molar-refractivity contribution in [1.82, 2.24) is 15.1 Å². The van der Waals surface area contributed by atoms with Crippen LogP contribution in [0.15, 0.2) is 18.2 Å². The number of methoxy groups -OCH3 is 1. The molecule has 0 aliphatic carbocycles. The highest BCUT2D eigenvalue weighted by molar-refractivity contribution is 5.79. The van der Waals surface area contributed by atoms with Crippen LogP contribution in [0.3, 0.4) is 0 Å². The van der Waals surface area contributed by atoms with Crippen LogP contribution in [0, 0.1) is 0 Å². The molecule has 8 nitrogen and oxygen atoms in total. The summed E-state index contributed by atoms with van der Waals surface area (Å²) in [6.07, 6.45) is -4.07.